The van der Waals surface area contributed by atoms with Crippen molar-refractivity contribution < 1.29 is 4.79 Å². The SMILES string of the molecule is CCC(C)C1NC(C2CCCC2)N(C(C)C(C)C)C1=O. The maximum atomic E-state index is 12.9. The van der Waals surface area contributed by atoms with Gasteiger partial charge in [-0.3, -0.25) is 10.1 Å². The van der Waals surface area contributed by atoms with Gasteiger partial charge < -0.3 is 4.90 Å². The van der Waals surface area contributed by atoms with E-state index in [1.54, 1.807) is 0 Å². The number of nitrogens with zero attached hydrogens (tertiary/aromatic N) is 1. The van der Waals surface area contributed by atoms with Crippen molar-refractivity contribution in [3.8, 4) is 0 Å². The van der Waals surface area contributed by atoms with Crippen LogP contribution in [0.2, 0.25) is 0 Å². The molecule has 1 aliphatic carbocycles. The molecule has 3 nitrogen and oxygen atoms in total. The highest BCUT2D eigenvalue weighted by Crippen LogP contribution is 2.35. The zero-order valence-electron chi connectivity index (χ0n) is 13.9. The molecule has 20 heavy (non-hydrogen) atoms. The molecule has 0 spiro atoms. The number of nitrogens with one attached hydrogen (secondary N) is 1. The summed E-state index contributed by atoms with van der Waals surface area (Å²) < 4.78 is 0. The van der Waals surface area contributed by atoms with Crippen LogP contribution in [0.15, 0.2) is 0 Å². The summed E-state index contributed by atoms with van der Waals surface area (Å²) in [5.41, 5.74) is 0. The molecule has 1 aliphatic heterocycles. The van der Waals surface area contributed by atoms with Crippen molar-refractivity contribution in [3.63, 3.8) is 0 Å². The largest absolute Gasteiger partial charge is 0.323 e. The first-order chi connectivity index (χ1) is 9.47. The zero-order chi connectivity index (χ0) is 14.9. The Labute approximate surface area is 124 Å². The quantitative estimate of drug-likeness (QED) is 0.837. The van der Waals surface area contributed by atoms with Gasteiger partial charge in [-0.15, -0.1) is 0 Å². The Kier molecular flexibility index (Phi) is 5.11. The lowest BCUT2D eigenvalue weighted by Crippen LogP contribution is -2.48. The maximum Gasteiger partial charge on any atom is 0.241 e. The average Bonchev–Trinajstić information content (AvgIpc) is 3.04. The maximum absolute atomic E-state index is 12.9. The van der Waals surface area contributed by atoms with Crippen molar-refractivity contribution in [3.05, 3.63) is 0 Å². The molecule has 0 radical (unpaired) electrons. The molecule has 0 aromatic rings. The van der Waals surface area contributed by atoms with Crippen LogP contribution < -0.4 is 5.32 Å². The molecule has 2 fully saturated rings. The number of amides is 1. The van der Waals surface area contributed by atoms with E-state index in [9.17, 15) is 4.79 Å². The predicted molar refractivity (Wildman–Crippen MR) is 83.3 cm³/mol. The van der Waals surface area contributed by atoms with E-state index >= 15 is 0 Å². The van der Waals surface area contributed by atoms with Gasteiger partial charge in [0, 0.05) is 6.04 Å². The van der Waals surface area contributed by atoms with Gasteiger partial charge in [-0.1, -0.05) is 47.0 Å². The number of hydrogen-bond acceptors (Lipinski definition) is 2. The van der Waals surface area contributed by atoms with E-state index in [2.05, 4.69) is 44.8 Å². The first-order valence-electron chi connectivity index (χ1n) is 8.55. The Hall–Kier alpha value is -0.570. The molecule has 4 unspecified atom stereocenters. The minimum absolute atomic E-state index is 0.0341. The third-order valence-electron chi connectivity index (χ3n) is 5.63. The molecule has 3 heteroatoms. The Bertz CT molecular complexity index is 336. The molecule has 1 heterocycles. The molecule has 1 N–H and O–H groups in total. The molecular formula is C17H32N2O. The smallest absolute Gasteiger partial charge is 0.241 e. The third kappa shape index (κ3) is 2.88. The molecule has 0 aromatic heterocycles. The minimum atomic E-state index is 0.0341. The van der Waals surface area contributed by atoms with E-state index in [1.807, 2.05) is 0 Å². The summed E-state index contributed by atoms with van der Waals surface area (Å²) in [6, 6.07) is 0.362. The molecule has 2 aliphatic rings. The molecule has 2 rings (SSSR count). The van der Waals surface area contributed by atoms with Crippen LogP contribution in [-0.2, 0) is 4.79 Å². The van der Waals surface area contributed by atoms with Crippen LogP contribution in [0.5, 0.6) is 0 Å². The number of carbonyl (C=O) groups excluding carboxylic acids is 1. The molecular weight excluding hydrogens is 248 g/mol. The summed E-state index contributed by atoms with van der Waals surface area (Å²) in [6.45, 7) is 11.0. The fourth-order valence-electron chi connectivity index (χ4n) is 3.69. The molecule has 4 atom stereocenters. The Balaban J connectivity index is 2.20. The van der Waals surface area contributed by atoms with Crippen molar-refractivity contribution >= 4 is 5.91 Å². The highest BCUT2D eigenvalue weighted by Gasteiger charge is 2.46. The second-order valence-electron chi connectivity index (χ2n) is 7.25. The second kappa shape index (κ2) is 6.46. The van der Waals surface area contributed by atoms with Gasteiger partial charge in [0.05, 0.1) is 12.2 Å². The normalized spacial score (nSPS) is 31.3. The van der Waals surface area contributed by atoms with Crippen molar-refractivity contribution in [2.24, 2.45) is 17.8 Å². The Morgan fingerprint density at radius 3 is 2.30 bits per heavy atom. The van der Waals surface area contributed by atoms with E-state index in [1.165, 1.54) is 25.7 Å². The van der Waals surface area contributed by atoms with Crippen molar-refractivity contribution in [2.75, 3.05) is 0 Å². The fourth-order valence-corrected chi connectivity index (χ4v) is 3.69. The monoisotopic (exact) mass is 280 g/mol. The van der Waals surface area contributed by atoms with Gasteiger partial charge in [0.15, 0.2) is 0 Å². The zero-order valence-corrected chi connectivity index (χ0v) is 13.9. The molecule has 0 aromatic carbocycles. The van der Waals surface area contributed by atoms with E-state index in [0.717, 1.165) is 6.42 Å². The first kappa shape index (κ1) is 15.8. The summed E-state index contributed by atoms with van der Waals surface area (Å²) in [5, 5.41) is 3.70. The van der Waals surface area contributed by atoms with Gasteiger partial charge in [-0.05, 0) is 37.5 Å². The summed E-state index contributed by atoms with van der Waals surface area (Å²) in [7, 11) is 0. The molecule has 1 amide bonds. The van der Waals surface area contributed by atoms with Crippen LogP contribution >= 0.6 is 0 Å². The van der Waals surface area contributed by atoms with E-state index < -0.39 is 0 Å². The molecule has 116 valence electrons. The van der Waals surface area contributed by atoms with E-state index in [-0.39, 0.29) is 12.2 Å². The number of rotatable bonds is 5. The second-order valence-corrected chi connectivity index (χ2v) is 7.25. The lowest BCUT2D eigenvalue weighted by molar-refractivity contribution is -0.134. The first-order valence-corrected chi connectivity index (χ1v) is 8.55. The van der Waals surface area contributed by atoms with Gasteiger partial charge >= 0.3 is 0 Å². The molecule has 1 saturated carbocycles. The minimum Gasteiger partial charge on any atom is -0.323 e. The van der Waals surface area contributed by atoms with Gasteiger partial charge in [0.1, 0.15) is 0 Å². The van der Waals surface area contributed by atoms with Crippen molar-refractivity contribution in [2.45, 2.75) is 85.0 Å². The Morgan fingerprint density at radius 1 is 1.20 bits per heavy atom. The highest BCUT2D eigenvalue weighted by atomic mass is 16.2. The molecule has 0 bridgehead atoms. The lowest BCUT2D eigenvalue weighted by atomic mass is 9.98. The van der Waals surface area contributed by atoms with Gasteiger partial charge in [0.2, 0.25) is 5.91 Å². The number of hydrogen-bond donors (Lipinski definition) is 1. The van der Waals surface area contributed by atoms with Gasteiger partial charge in [0.25, 0.3) is 0 Å². The summed E-state index contributed by atoms with van der Waals surface area (Å²) in [5.74, 6) is 1.95. The Morgan fingerprint density at radius 2 is 1.80 bits per heavy atom. The van der Waals surface area contributed by atoms with Crippen LogP contribution in [0.25, 0.3) is 0 Å². The van der Waals surface area contributed by atoms with E-state index in [4.69, 9.17) is 0 Å². The molecule has 1 saturated heterocycles. The van der Waals surface area contributed by atoms with Crippen molar-refractivity contribution in [1.29, 1.82) is 0 Å². The summed E-state index contributed by atoms with van der Waals surface area (Å²) >= 11 is 0. The van der Waals surface area contributed by atoms with Crippen LogP contribution in [0.1, 0.15) is 66.7 Å². The average molecular weight is 280 g/mol. The lowest BCUT2D eigenvalue weighted by Gasteiger charge is -2.35. The summed E-state index contributed by atoms with van der Waals surface area (Å²) in [6.07, 6.45) is 6.55. The third-order valence-corrected chi connectivity index (χ3v) is 5.63. The standard InChI is InChI=1S/C17H32N2O/c1-6-12(4)15-17(20)19(13(5)11(2)3)16(18-15)14-9-7-8-10-14/h11-16,18H,6-10H2,1-5H3. The van der Waals surface area contributed by atoms with Gasteiger partial charge in [-0.25, -0.2) is 0 Å². The van der Waals surface area contributed by atoms with Crippen LogP contribution in [0, 0.1) is 17.8 Å². The highest BCUT2D eigenvalue weighted by molar-refractivity contribution is 5.85. The topological polar surface area (TPSA) is 32.3 Å². The van der Waals surface area contributed by atoms with E-state index in [0.29, 0.717) is 29.7 Å². The van der Waals surface area contributed by atoms with Crippen LogP contribution in [0.4, 0.5) is 0 Å². The fraction of sp³-hybridized carbons (Fsp3) is 0.941. The summed E-state index contributed by atoms with van der Waals surface area (Å²) in [4.78, 5) is 15.1. The van der Waals surface area contributed by atoms with Crippen LogP contribution in [0.3, 0.4) is 0 Å². The van der Waals surface area contributed by atoms with Gasteiger partial charge in [-0.2, -0.15) is 0 Å². The van der Waals surface area contributed by atoms with Crippen molar-refractivity contribution in [1.82, 2.24) is 10.2 Å². The number of carbonyl (C=O) groups is 1. The van der Waals surface area contributed by atoms with Crippen LogP contribution in [-0.4, -0.2) is 29.1 Å². The predicted octanol–water partition coefficient (Wildman–Crippen LogP) is 3.39.